The predicted molar refractivity (Wildman–Crippen MR) is 54.6 cm³/mol. The summed E-state index contributed by atoms with van der Waals surface area (Å²) >= 11 is 0. The Balaban J connectivity index is 2.35. The number of carbonyl (C=O) groups excluding carboxylic acids is 1. The number of hydrogen-bond donors (Lipinski definition) is 3. The van der Waals surface area contributed by atoms with Crippen LogP contribution in [0.4, 0.5) is 0 Å². The molecule has 0 radical (unpaired) electrons. The van der Waals surface area contributed by atoms with E-state index >= 15 is 0 Å². The fourth-order valence-electron chi connectivity index (χ4n) is 1.75. The first-order valence-electron chi connectivity index (χ1n) is 5.16. The van der Waals surface area contributed by atoms with Gasteiger partial charge < -0.3 is 16.2 Å². The van der Waals surface area contributed by atoms with Crippen LogP contribution in [0.5, 0.6) is 0 Å². The van der Waals surface area contributed by atoms with Gasteiger partial charge in [0.05, 0.1) is 11.5 Å². The molecule has 0 saturated heterocycles. The standard InChI is InChI=1S/C10H20N2O2/c1-10(2,14)6-12-9(13)7-4-3-5-8(7)11/h7-8,14H,3-6,11H2,1-2H3,(H,12,13). The summed E-state index contributed by atoms with van der Waals surface area (Å²) in [6, 6.07) is -0.00296. The summed E-state index contributed by atoms with van der Waals surface area (Å²) in [5.41, 5.74) is 4.95. The minimum Gasteiger partial charge on any atom is -0.389 e. The van der Waals surface area contributed by atoms with Crippen molar-refractivity contribution in [2.75, 3.05) is 6.54 Å². The molecular formula is C10H20N2O2. The summed E-state index contributed by atoms with van der Waals surface area (Å²) in [7, 11) is 0. The lowest BCUT2D eigenvalue weighted by Crippen LogP contribution is -2.44. The van der Waals surface area contributed by atoms with Gasteiger partial charge in [0.15, 0.2) is 0 Å². The van der Waals surface area contributed by atoms with Crippen molar-refractivity contribution >= 4 is 5.91 Å². The molecule has 2 unspecified atom stereocenters. The van der Waals surface area contributed by atoms with Crippen LogP contribution in [-0.4, -0.2) is 29.2 Å². The summed E-state index contributed by atoms with van der Waals surface area (Å²) in [5, 5.41) is 12.2. The average Bonchev–Trinajstić information content (AvgIpc) is 2.46. The van der Waals surface area contributed by atoms with Gasteiger partial charge in [-0.3, -0.25) is 4.79 Å². The molecule has 1 amide bonds. The zero-order valence-corrected chi connectivity index (χ0v) is 8.92. The highest BCUT2D eigenvalue weighted by molar-refractivity contribution is 5.79. The van der Waals surface area contributed by atoms with Crippen molar-refractivity contribution in [3.63, 3.8) is 0 Å². The second-order valence-corrected chi connectivity index (χ2v) is 4.73. The average molecular weight is 200 g/mol. The number of carbonyl (C=O) groups is 1. The maximum Gasteiger partial charge on any atom is 0.224 e. The smallest absolute Gasteiger partial charge is 0.224 e. The van der Waals surface area contributed by atoms with E-state index in [0.29, 0.717) is 0 Å². The summed E-state index contributed by atoms with van der Waals surface area (Å²) in [6.45, 7) is 3.62. The van der Waals surface area contributed by atoms with Gasteiger partial charge >= 0.3 is 0 Å². The molecule has 14 heavy (non-hydrogen) atoms. The number of rotatable bonds is 3. The van der Waals surface area contributed by atoms with Crippen molar-refractivity contribution < 1.29 is 9.90 Å². The van der Waals surface area contributed by atoms with Crippen molar-refractivity contribution in [2.45, 2.75) is 44.8 Å². The first-order valence-corrected chi connectivity index (χ1v) is 5.16. The molecule has 0 aliphatic heterocycles. The van der Waals surface area contributed by atoms with Crippen molar-refractivity contribution in [1.29, 1.82) is 0 Å². The number of amides is 1. The van der Waals surface area contributed by atoms with E-state index in [4.69, 9.17) is 5.73 Å². The highest BCUT2D eigenvalue weighted by Gasteiger charge is 2.30. The van der Waals surface area contributed by atoms with E-state index < -0.39 is 5.60 Å². The Morgan fingerprint density at radius 2 is 2.21 bits per heavy atom. The van der Waals surface area contributed by atoms with E-state index in [2.05, 4.69) is 5.32 Å². The minimum atomic E-state index is -0.849. The zero-order chi connectivity index (χ0) is 10.8. The van der Waals surface area contributed by atoms with Crippen LogP contribution in [0.25, 0.3) is 0 Å². The third kappa shape index (κ3) is 3.27. The molecule has 0 aromatic carbocycles. The molecule has 1 aliphatic rings. The summed E-state index contributed by atoms with van der Waals surface area (Å²) in [6.07, 6.45) is 2.83. The fraction of sp³-hybridized carbons (Fsp3) is 0.900. The van der Waals surface area contributed by atoms with Gasteiger partial charge in [-0.15, -0.1) is 0 Å². The highest BCUT2D eigenvalue weighted by atomic mass is 16.3. The Labute approximate surface area is 84.9 Å². The Morgan fingerprint density at radius 1 is 1.57 bits per heavy atom. The van der Waals surface area contributed by atoms with Gasteiger partial charge in [0.1, 0.15) is 0 Å². The molecule has 1 fully saturated rings. The quantitative estimate of drug-likeness (QED) is 0.600. The number of nitrogens with one attached hydrogen (secondary N) is 1. The van der Waals surface area contributed by atoms with E-state index in [1.165, 1.54) is 0 Å². The van der Waals surface area contributed by atoms with Crippen molar-refractivity contribution in [2.24, 2.45) is 11.7 Å². The lowest BCUT2D eigenvalue weighted by molar-refractivity contribution is -0.126. The second kappa shape index (κ2) is 4.28. The van der Waals surface area contributed by atoms with Gasteiger partial charge in [-0.25, -0.2) is 0 Å². The molecule has 4 heteroatoms. The molecule has 0 aromatic heterocycles. The minimum absolute atomic E-state index is 0.00296. The molecule has 2 atom stereocenters. The zero-order valence-electron chi connectivity index (χ0n) is 8.92. The van der Waals surface area contributed by atoms with Crippen LogP contribution in [0, 0.1) is 5.92 Å². The first-order chi connectivity index (χ1) is 6.40. The second-order valence-electron chi connectivity index (χ2n) is 4.73. The van der Waals surface area contributed by atoms with E-state index in [1.807, 2.05) is 0 Å². The summed E-state index contributed by atoms with van der Waals surface area (Å²) in [5.74, 6) is -0.0746. The monoisotopic (exact) mass is 200 g/mol. The maximum absolute atomic E-state index is 11.6. The third-order valence-electron chi connectivity index (χ3n) is 2.60. The largest absolute Gasteiger partial charge is 0.389 e. The molecule has 1 rings (SSSR count). The molecule has 82 valence electrons. The molecule has 4 nitrogen and oxygen atoms in total. The summed E-state index contributed by atoms with van der Waals surface area (Å²) < 4.78 is 0. The molecule has 1 aliphatic carbocycles. The van der Waals surface area contributed by atoms with Gasteiger partial charge in [-0.1, -0.05) is 6.42 Å². The van der Waals surface area contributed by atoms with Gasteiger partial charge in [0.2, 0.25) is 5.91 Å². The molecule has 0 bridgehead atoms. The molecule has 4 N–H and O–H groups in total. The number of hydrogen-bond acceptors (Lipinski definition) is 3. The SMILES string of the molecule is CC(C)(O)CNC(=O)C1CCCC1N. The van der Waals surface area contributed by atoms with Gasteiger partial charge in [0, 0.05) is 12.6 Å². The van der Waals surface area contributed by atoms with Gasteiger partial charge in [-0.2, -0.15) is 0 Å². The molecule has 0 spiro atoms. The number of nitrogens with two attached hydrogens (primary N) is 1. The van der Waals surface area contributed by atoms with E-state index in [0.717, 1.165) is 19.3 Å². The third-order valence-corrected chi connectivity index (χ3v) is 2.60. The van der Waals surface area contributed by atoms with Gasteiger partial charge in [0.25, 0.3) is 0 Å². The Hall–Kier alpha value is -0.610. The normalized spacial score (nSPS) is 27.7. The predicted octanol–water partition coefficient (Wildman–Crippen LogP) is 0.000900. The highest BCUT2D eigenvalue weighted by Crippen LogP contribution is 2.23. The lowest BCUT2D eigenvalue weighted by atomic mass is 10.0. The molecule has 0 heterocycles. The topological polar surface area (TPSA) is 75.3 Å². The van der Waals surface area contributed by atoms with Crippen LogP contribution in [0.3, 0.4) is 0 Å². The maximum atomic E-state index is 11.6. The Morgan fingerprint density at radius 3 is 2.64 bits per heavy atom. The van der Waals surface area contributed by atoms with Crippen molar-refractivity contribution in [3.05, 3.63) is 0 Å². The lowest BCUT2D eigenvalue weighted by Gasteiger charge is -2.20. The van der Waals surface area contributed by atoms with Crippen LogP contribution in [0.2, 0.25) is 0 Å². The van der Waals surface area contributed by atoms with E-state index in [9.17, 15) is 9.90 Å². The van der Waals surface area contributed by atoms with E-state index in [1.54, 1.807) is 13.8 Å². The Bertz CT molecular complexity index is 211. The van der Waals surface area contributed by atoms with Crippen LogP contribution >= 0.6 is 0 Å². The van der Waals surface area contributed by atoms with Crippen LogP contribution in [-0.2, 0) is 4.79 Å². The Kier molecular flexibility index (Phi) is 3.50. The first kappa shape index (κ1) is 11.5. The molecule has 1 saturated carbocycles. The number of aliphatic hydroxyl groups is 1. The van der Waals surface area contributed by atoms with Crippen molar-refractivity contribution in [3.8, 4) is 0 Å². The summed E-state index contributed by atoms with van der Waals surface area (Å²) in [4.78, 5) is 11.6. The van der Waals surface area contributed by atoms with Crippen LogP contribution in [0.15, 0.2) is 0 Å². The fourth-order valence-corrected chi connectivity index (χ4v) is 1.75. The van der Waals surface area contributed by atoms with Crippen LogP contribution < -0.4 is 11.1 Å². The van der Waals surface area contributed by atoms with Gasteiger partial charge in [-0.05, 0) is 26.7 Å². The van der Waals surface area contributed by atoms with Crippen LogP contribution in [0.1, 0.15) is 33.1 Å². The molecule has 0 aromatic rings. The van der Waals surface area contributed by atoms with Crippen molar-refractivity contribution in [1.82, 2.24) is 5.32 Å². The molecular weight excluding hydrogens is 180 g/mol. The van der Waals surface area contributed by atoms with E-state index in [-0.39, 0.29) is 24.4 Å².